The van der Waals surface area contributed by atoms with Crippen molar-refractivity contribution < 1.29 is 14.3 Å². The van der Waals surface area contributed by atoms with E-state index in [-0.39, 0.29) is 12.5 Å². The molecule has 0 bridgehead atoms. The maximum absolute atomic E-state index is 12.7. The molecule has 1 aromatic heterocycles. The van der Waals surface area contributed by atoms with Gasteiger partial charge in [0, 0.05) is 40.5 Å². The fourth-order valence-electron chi connectivity index (χ4n) is 3.74. The Morgan fingerprint density at radius 2 is 1.94 bits per heavy atom. The molecule has 2 heterocycles. The lowest BCUT2D eigenvalue weighted by molar-refractivity contribution is -0.119. The van der Waals surface area contributed by atoms with Gasteiger partial charge in [0.15, 0.2) is 6.61 Å². The summed E-state index contributed by atoms with van der Waals surface area (Å²) in [5.74, 6) is -0.200. The molecule has 4 rings (SSSR count). The first-order valence-corrected chi connectivity index (χ1v) is 12.8. The molecule has 6 nitrogen and oxygen atoms in total. The molecule has 1 aliphatic heterocycles. The molecule has 0 spiro atoms. The minimum atomic E-state index is -0.510. The number of hydrogen-bond acceptors (Lipinski definition) is 7. The van der Waals surface area contributed by atoms with Crippen LogP contribution in [0.1, 0.15) is 39.5 Å². The number of amides is 1. The van der Waals surface area contributed by atoms with Gasteiger partial charge in [0.05, 0.1) is 16.3 Å². The second kappa shape index (κ2) is 10.9. The van der Waals surface area contributed by atoms with E-state index in [2.05, 4.69) is 21.3 Å². The molecular formula is C25H27N3O3S2. The van der Waals surface area contributed by atoms with Gasteiger partial charge in [0.2, 0.25) is 0 Å². The fourth-order valence-corrected chi connectivity index (χ4v) is 5.39. The Morgan fingerprint density at radius 3 is 2.67 bits per heavy atom. The second-order valence-corrected chi connectivity index (χ2v) is 10.0. The quantitative estimate of drug-likeness (QED) is 0.341. The number of rotatable bonds is 8. The Morgan fingerprint density at radius 1 is 1.15 bits per heavy atom. The van der Waals surface area contributed by atoms with Crippen LogP contribution in [0, 0.1) is 13.8 Å². The minimum absolute atomic E-state index is 0.337. The molecule has 3 aromatic rings. The zero-order valence-corrected chi connectivity index (χ0v) is 20.4. The number of hydrogen-bond donors (Lipinski definition) is 1. The maximum Gasteiger partial charge on any atom is 0.339 e. The van der Waals surface area contributed by atoms with Crippen LogP contribution in [0.4, 0.5) is 11.4 Å². The highest BCUT2D eigenvalue weighted by Crippen LogP contribution is 2.28. The monoisotopic (exact) mass is 481 g/mol. The Balaban J connectivity index is 1.32. The molecule has 8 heteroatoms. The number of aromatic nitrogens is 1. The van der Waals surface area contributed by atoms with Crippen molar-refractivity contribution in [2.75, 3.05) is 29.9 Å². The molecule has 1 saturated heterocycles. The van der Waals surface area contributed by atoms with Crippen LogP contribution in [0.3, 0.4) is 0 Å². The van der Waals surface area contributed by atoms with E-state index >= 15 is 0 Å². The zero-order chi connectivity index (χ0) is 23.2. The van der Waals surface area contributed by atoms with Crippen molar-refractivity contribution in [2.45, 2.75) is 37.3 Å². The largest absolute Gasteiger partial charge is 0.452 e. The zero-order valence-electron chi connectivity index (χ0n) is 18.8. The van der Waals surface area contributed by atoms with Crippen molar-refractivity contribution in [1.82, 2.24) is 4.98 Å². The maximum atomic E-state index is 12.7. The summed E-state index contributed by atoms with van der Waals surface area (Å²) >= 11 is 3.14. The van der Waals surface area contributed by atoms with Crippen LogP contribution in [-0.4, -0.2) is 36.6 Å². The number of esters is 1. The molecule has 172 valence electrons. The molecule has 1 amide bonds. The molecule has 1 N–H and O–H groups in total. The van der Waals surface area contributed by atoms with Gasteiger partial charge < -0.3 is 15.0 Å². The number of nitrogens with zero attached hydrogens (tertiary/aromatic N) is 2. The van der Waals surface area contributed by atoms with E-state index in [0.29, 0.717) is 11.3 Å². The van der Waals surface area contributed by atoms with Crippen molar-refractivity contribution in [3.63, 3.8) is 0 Å². The highest BCUT2D eigenvalue weighted by molar-refractivity contribution is 7.98. The van der Waals surface area contributed by atoms with Crippen molar-refractivity contribution in [3.8, 4) is 0 Å². The smallest absolute Gasteiger partial charge is 0.339 e. The van der Waals surface area contributed by atoms with Gasteiger partial charge in [-0.15, -0.1) is 23.1 Å². The summed E-state index contributed by atoms with van der Waals surface area (Å²) in [7, 11) is 0. The van der Waals surface area contributed by atoms with E-state index in [0.717, 1.165) is 39.9 Å². The summed E-state index contributed by atoms with van der Waals surface area (Å²) in [6.07, 6.45) is 2.43. The highest BCUT2D eigenvalue weighted by Gasteiger charge is 2.17. The van der Waals surface area contributed by atoms with Crippen LogP contribution in [0.25, 0.3) is 0 Å². The van der Waals surface area contributed by atoms with Gasteiger partial charge in [-0.1, -0.05) is 12.1 Å². The highest BCUT2D eigenvalue weighted by atomic mass is 32.2. The summed E-state index contributed by atoms with van der Waals surface area (Å²) in [6, 6.07) is 13.3. The Hall–Kier alpha value is -2.84. The minimum Gasteiger partial charge on any atom is -0.452 e. The van der Waals surface area contributed by atoms with Crippen LogP contribution in [0.5, 0.6) is 0 Å². The molecule has 0 radical (unpaired) electrons. The van der Waals surface area contributed by atoms with Crippen LogP contribution in [-0.2, 0) is 15.3 Å². The number of aryl methyl sites for hydroxylation is 2. The van der Waals surface area contributed by atoms with Crippen molar-refractivity contribution in [2.24, 2.45) is 0 Å². The number of anilines is 2. The van der Waals surface area contributed by atoms with Crippen molar-refractivity contribution >= 4 is 46.3 Å². The molecule has 2 aromatic carbocycles. The van der Waals surface area contributed by atoms with Gasteiger partial charge >= 0.3 is 5.97 Å². The number of ether oxygens (including phenoxy) is 1. The Labute approximate surface area is 202 Å². The fraction of sp³-hybridized carbons (Fsp3) is 0.320. The third kappa shape index (κ3) is 6.15. The first-order chi connectivity index (χ1) is 16.0. The van der Waals surface area contributed by atoms with Gasteiger partial charge in [-0.25, -0.2) is 9.78 Å². The van der Waals surface area contributed by atoms with Gasteiger partial charge in [0.25, 0.3) is 5.91 Å². The first-order valence-electron chi connectivity index (χ1n) is 10.9. The molecular weight excluding hydrogens is 454 g/mol. The van der Waals surface area contributed by atoms with Gasteiger partial charge in [-0.3, -0.25) is 4.79 Å². The third-order valence-electron chi connectivity index (χ3n) is 5.44. The average Bonchev–Trinajstić information content (AvgIpc) is 3.50. The number of benzene rings is 2. The van der Waals surface area contributed by atoms with E-state index in [9.17, 15) is 9.59 Å². The second-order valence-electron chi connectivity index (χ2n) is 7.96. The molecule has 0 saturated carbocycles. The van der Waals surface area contributed by atoms with Crippen molar-refractivity contribution in [1.29, 1.82) is 0 Å². The third-order valence-corrected chi connectivity index (χ3v) is 7.37. The van der Waals surface area contributed by atoms with Crippen LogP contribution >= 0.6 is 23.1 Å². The first kappa shape index (κ1) is 23.3. The molecule has 33 heavy (non-hydrogen) atoms. The van der Waals surface area contributed by atoms with E-state index in [1.54, 1.807) is 23.5 Å². The lowest BCUT2D eigenvalue weighted by atomic mass is 10.1. The van der Waals surface area contributed by atoms with Gasteiger partial charge in [-0.2, -0.15) is 0 Å². The van der Waals surface area contributed by atoms with Crippen LogP contribution in [0.2, 0.25) is 0 Å². The molecule has 1 aliphatic rings. The van der Waals surface area contributed by atoms with E-state index in [4.69, 9.17) is 4.74 Å². The molecule has 0 atom stereocenters. The van der Waals surface area contributed by atoms with Gasteiger partial charge in [0.1, 0.15) is 0 Å². The summed E-state index contributed by atoms with van der Waals surface area (Å²) in [5.41, 5.74) is 4.33. The lowest BCUT2D eigenvalue weighted by Gasteiger charge is -2.19. The van der Waals surface area contributed by atoms with Crippen LogP contribution < -0.4 is 10.2 Å². The van der Waals surface area contributed by atoms with Crippen LogP contribution in [0.15, 0.2) is 52.7 Å². The number of thiazole rings is 1. The lowest BCUT2D eigenvalue weighted by Crippen LogP contribution is -2.22. The summed E-state index contributed by atoms with van der Waals surface area (Å²) in [6.45, 7) is 5.75. The van der Waals surface area contributed by atoms with E-state index in [1.165, 1.54) is 30.3 Å². The summed E-state index contributed by atoms with van der Waals surface area (Å²) < 4.78 is 5.32. The number of thioether (sulfide) groups is 1. The number of nitrogens with one attached hydrogen (secondary N) is 1. The standard InChI is InChI=1S/C25H27N3O3S2/c1-17-13-20(28-11-5-6-12-28)9-10-22(17)27-24(29)14-31-25(30)21-7-3-4-8-23(21)33-16-19-15-32-18(2)26-19/h3-4,7-10,13,15H,5-6,11-12,14,16H2,1-2H3,(H,27,29). The average molecular weight is 482 g/mol. The molecule has 0 unspecified atom stereocenters. The molecule has 1 fully saturated rings. The van der Waals surface area contributed by atoms with Crippen molar-refractivity contribution in [3.05, 3.63) is 69.7 Å². The van der Waals surface area contributed by atoms with Gasteiger partial charge in [-0.05, 0) is 62.6 Å². The number of carbonyl (C=O) groups is 2. The predicted molar refractivity (Wildman–Crippen MR) is 134 cm³/mol. The number of carbonyl (C=O) groups excluding carboxylic acids is 2. The SMILES string of the molecule is Cc1nc(CSc2ccccc2C(=O)OCC(=O)Nc2ccc(N3CCCC3)cc2C)cs1. The Kier molecular flexibility index (Phi) is 7.67. The summed E-state index contributed by atoms with van der Waals surface area (Å²) in [4.78, 5) is 32.7. The normalized spacial score (nSPS) is 13.2. The topological polar surface area (TPSA) is 71.5 Å². The Bertz CT molecular complexity index is 1140. The van der Waals surface area contributed by atoms with E-state index < -0.39 is 5.97 Å². The predicted octanol–water partition coefficient (Wildman–Crippen LogP) is 5.45. The summed E-state index contributed by atoms with van der Waals surface area (Å²) in [5, 5.41) is 5.89. The van der Waals surface area contributed by atoms with E-state index in [1.807, 2.05) is 43.5 Å². The molecule has 0 aliphatic carbocycles.